The van der Waals surface area contributed by atoms with Gasteiger partial charge in [0.15, 0.2) is 17.2 Å². The Bertz CT molecular complexity index is 1220. The highest BCUT2D eigenvalue weighted by molar-refractivity contribution is 14.1. The average molecular weight is 542 g/mol. The Balaban J connectivity index is 1.69. The minimum absolute atomic E-state index is 0.0259. The molecule has 0 saturated carbocycles. The second kappa shape index (κ2) is 7.44. The molecule has 162 valence electrons. The van der Waals surface area contributed by atoms with Crippen LogP contribution in [0.4, 0.5) is 19.0 Å². The molecule has 1 fully saturated rings. The number of rotatable bonds is 1. The van der Waals surface area contributed by atoms with Gasteiger partial charge in [0.2, 0.25) is 0 Å². The van der Waals surface area contributed by atoms with Gasteiger partial charge in [-0.05, 0) is 58.3 Å². The number of halogens is 4. The van der Waals surface area contributed by atoms with Crippen LogP contribution in [-0.4, -0.2) is 46.7 Å². The van der Waals surface area contributed by atoms with Crippen molar-refractivity contribution in [2.75, 3.05) is 31.2 Å². The van der Waals surface area contributed by atoms with Crippen LogP contribution in [0.25, 0.3) is 5.65 Å². The van der Waals surface area contributed by atoms with E-state index >= 15 is 0 Å². The highest BCUT2D eigenvalue weighted by Gasteiger charge is 2.35. The lowest BCUT2D eigenvalue weighted by Crippen LogP contribution is -2.37. The van der Waals surface area contributed by atoms with Crippen molar-refractivity contribution in [3.05, 3.63) is 55.4 Å². The predicted octanol–water partition coefficient (Wildman–Crippen LogP) is 3.83. The smallest absolute Gasteiger partial charge is 0.378 e. The largest absolute Gasteiger partial charge is 0.416 e. The van der Waals surface area contributed by atoms with Gasteiger partial charge in [0.05, 0.1) is 28.0 Å². The summed E-state index contributed by atoms with van der Waals surface area (Å²) in [5, 5.41) is 4.73. The molecule has 5 rings (SSSR count). The quantitative estimate of drug-likeness (QED) is 0.438. The lowest BCUT2D eigenvalue weighted by molar-refractivity contribution is -0.138. The van der Waals surface area contributed by atoms with Crippen LogP contribution in [0.5, 0.6) is 0 Å². The molecule has 1 saturated heterocycles. The zero-order valence-electron chi connectivity index (χ0n) is 16.6. The molecule has 0 amide bonds. The number of aromatic nitrogens is 3. The molecule has 1 aliphatic carbocycles. The van der Waals surface area contributed by atoms with E-state index in [0.29, 0.717) is 48.8 Å². The first-order chi connectivity index (χ1) is 14.7. The van der Waals surface area contributed by atoms with E-state index < -0.39 is 11.7 Å². The predicted molar refractivity (Wildman–Crippen MR) is 116 cm³/mol. The molecule has 0 radical (unpaired) electrons. The van der Waals surface area contributed by atoms with Crippen molar-refractivity contribution in [1.29, 1.82) is 0 Å². The first-order valence-electron chi connectivity index (χ1n) is 9.86. The van der Waals surface area contributed by atoms with Gasteiger partial charge in [-0.15, -0.1) is 5.10 Å². The number of fused-ring (bicyclic) bond motifs is 4. The zero-order chi connectivity index (χ0) is 21.9. The molecule has 31 heavy (non-hydrogen) atoms. The number of nitrogens with zero attached hydrogens (tertiary/aromatic N) is 4. The number of benzene rings is 1. The summed E-state index contributed by atoms with van der Waals surface area (Å²) in [6.07, 6.45) is -4.25. The van der Waals surface area contributed by atoms with E-state index in [9.17, 15) is 18.0 Å². The van der Waals surface area contributed by atoms with Crippen molar-refractivity contribution in [2.45, 2.75) is 25.9 Å². The van der Waals surface area contributed by atoms with Crippen molar-refractivity contribution < 1.29 is 22.7 Å². The molecule has 0 spiro atoms. The van der Waals surface area contributed by atoms with Gasteiger partial charge in [-0.3, -0.25) is 4.79 Å². The molecule has 3 heterocycles. The lowest BCUT2D eigenvalue weighted by Gasteiger charge is -2.27. The topological polar surface area (TPSA) is 59.7 Å². The second-order valence-corrected chi connectivity index (χ2v) is 8.90. The third kappa shape index (κ3) is 3.49. The summed E-state index contributed by atoms with van der Waals surface area (Å²) in [7, 11) is 0. The van der Waals surface area contributed by atoms with E-state index in [2.05, 4.69) is 32.5 Å². The van der Waals surface area contributed by atoms with Crippen molar-refractivity contribution in [3.63, 3.8) is 0 Å². The van der Waals surface area contributed by atoms with E-state index in [-0.39, 0.29) is 29.9 Å². The highest BCUT2D eigenvalue weighted by Crippen LogP contribution is 2.37. The number of carbonyl (C=O) groups excluding carboxylic acids is 1. The Morgan fingerprint density at radius 3 is 2.61 bits per heavy atom. The van der Waals surface area contributed by atoms with E-state index in [0.717, 1.165) is 15.5 Å². The van der Waals surface area contributed by atoms with Gasteiger partial charge in [0.1, 0.15) is 5.69 Å². The van der Waals surface area contributed by atoms with Gasteiger partial charge in [-0.25, -0.2) is 9.50 Å². The van der Waals surface area contributed by atoms with Gasteiger partial charge in [0.25, 0.3) is 0 Å². The fourth-order valence-corrected chi connectivity index (χ4v) is 4.93. The minimum Gasteiger partial charge on any atom is -0.378 e. The van der Waals surface area contributed by atoms with Crippen LogP contribution >= 0.6 is 22.6 Å². The molecule has 0 unspecified atom stereocenters. The molecule has 0 N–H and O–H groups in total. The Morgan fingerprint density at radius 2 is 1.90 bits per heavy atom. The maximum Gasteiger partial charge on any atom is 0.416 e. The number of hydrogen-bond donors (Lipinski definition) is 0. The number of morpholine rings is 1. The normalized spacial score (nSPS) is 16.9. The fraction of sp³-hybridized carbons (Fsp3) is 0.381. The Morgan fingerprint density at radius 1 is 1.16 bits per heavy atom. The number of anilines is 1. The number of Topliss-reactive ketones (excluding diaryl/α,β-unsaturated/α-hetero) is 1. The SMILES string of the molecule is Cc1c(C(F)(F)F)ccc2c1Cc1c(nc3c(I)cc(N4CCOCC4)nn13)C(=O)C2. The highest BCUT2D eigenvalue weighted by atomic mass is 127. The number of hydrogen-bond acceptors (Lipinski definition) is 5. The van der Waals surface area contributed by atoms with Gasteiger partial charge in [-0.1, -0.05) is 6.07 Å². The lowest BCUT2D eigenvalue weighted by atomic mass is 9.93. The standard InChI is InChI=1S/C21H18F3IN4O2/c1-11-13-9-16-19(17(30)8-12(13)2-3-14(11)21(22,23)24)26-20-15(25)10-18(27-29(16)20)28-4-6-31-7-5-28/h2-3,10H,4-9H2,1H3. The molecule has 0 bridgehead atoms. The summed E-state index contributed by atoms with van der Waals surface area (Å²) in [5.74, 6) is 0.528. The first-order valence-corrected chi connectivity index (χ1v) is 10.9. The second-order valence-electron chi connectivity index (χ2n) is 7.74. The Labute approximate surface area is 189 Å². The average Bonchev–Trinajstić information content (AvgIpc) is 3.02. The number of alkyl halides is 3. The van der Waals surface area contributed by atoms with Gasteiger partial charge < -0.3 is 9.64 Å². The fourth-order valence-electron chi connectivity index (χ4n) is 4.30. The molecular formula is C21H18F3IN4O2. The summed E-state index contributed by atoms with van der Waals surface area (Å²) in [4.78, 5) is 19.6. The maximum atomic E-state index is 13.5. The molecule has 3 aromatic rings. The first kappa shape index (κ1) is 20.7. The van der Waals surface area contributed by atoms with Crippen molar-refractivity contribution in [1.82, 2.24) is 14.6 Å². The van der Waals surface area contributed by atoms with E-state index in [1.807, 2.05) is 6.07 Å². The summed E-state index contributed by atoms with van der Waals surface area (Å²) in [6, 6.07) is 4.39. The molecule has 1 aliphatic heterocycles. The molecule has 0 atom stereocenters. The summed E-state index contributed by atoms with van der Waals surface area (Å²) >= 11 is 2.16. The number of imidazole rings is 1. The summed E-state index contributed by atoms with van der Waals surface area (Å²) < 4.78 is 48.3. The maximum absolute atomic E-state index is 13.5. The van der Waals surface area contributed by atoms with Crippen LogP contribution in [0.3, 0.4) is 0 Å². The van der Waals surface area contributed by atoms with Gasteiger partial charge >= 0.3 is 6.18 Å². The minimum atomic E-state index is -4.45. The van der Waals surface area contributed by atoms with Crippen molar-refractivity contribution in [3.8, 4) is 0 Å². The molecular weight excluding hydrogens is 524 g/mol. The third-order valence-corrected chi connectivity index (χ3v) is 6.71. The Hall–Kier alpha value is -2.21. The van der Waals surface area contributed by atoms with E-state index in [1.54, 1.807) is 4.52 Å². The number of carbonyl (C=O) groups is 1. The van der Waals surface area contributed by atoms with Crippen LogP contribution in [-0.2, 0) is 23.8 Å². The van der Waals surface area contributed by atoms with Crippen LogP contribution in [0.2, 0.25) is 0 Å². The van der Waals surface area contributed by atoms with Crippen molar-refractivity contribution >= 4 is 39.8 Å². The van der Waals surface area contributed by atoms with E-state index in [1.165, 1.54) is 13.0 Å². The summed E-state index contributed by atoms with van der Waals surface area (Å²) in [6.45, 7) is 4.06. The van der Waals surface area contributed by atoms with Gasteiger partial charge in [0, 0.05) is 25.9 Å². The number of ketones is 1. The zero-order valence-corrected chi connectivity index (χ0v) is 18.7. The molecule has 6 nitrogen and oxygen atoms in total. The third-order valence-electron chi connectivity index (χ3n) is 5.91. The molecule has 1 aromatic carbocycles. The van der Waals surface area contributed by atoms with Gasteiger partial charge in [-0.2, -0.15) is 13.2 Å². The van der Waals surface area contributed by atoms with Crippen LogP contribution < -0.4 is 4.90 Å². The molecule has 2 aromatic heterocycles. The summed E-state index contributed by atoms with van der Waals surface area (Å²) in [5.41, 5.74) is 1.98. The monoisotopic (exact) mass is 542 g/mol. The van der Waals surface area contributed by atoms with Crippen LogP contribution in [0, 0.1) is 10.5 Å². The molecule has 10 heteroatoms. The number of ether oxygens (including phenoxy) is 1. The van der Waals surface area contributed by atoms with Crippen molar-refractivity contribution in [2.24, 2.45) is 0 Å². The van der Waals surface area contributed by atoms with Crippen LogP contribution in [0.15, 0.2) is 18.2 Å². The van der Waals surface area contributed by atoms with Crippen LogP contribution in [0.1, 0.15) is 38.4 Å². The van der Waals surface area contributed by atoms with E-state index in [4.69, 9.17) is 9.84 Å². The molecule has 2 aliphatic rings. The Kier molecular flexibility index (Phi) is 4.96.